The van der Waals surface area contributed by atoms with Crippen molar-refractivity contribution in [2.45, 2.75) is 13.8 Å². The monoisotopic (exact) mass is 404 g/mol. The summed E-state index contributed by atoms with van der Waals surface area (Å²) in [6.45, 7) is 4.88. The fraction of sp³-hybridized carbons (Fsp3) is 0.200. The number of aromatic amines is 1. The van der Waals surface area contributed by atoms with Crippen molar-refractivity contribution >= 4 is 45.2 Å². The van der Waals surface area contributed by atoms with E-state index in [1.54, 1.807) is 24.3 Å². The van der Waals surface area contributed by atoms with Crippen LogP contribution in [0.5, 0.6) is 11.5 Å². The second kappa shape index (κ2) is 8.46. The third-order valence-electron chi connectivity index (χ3n) is 3.75. The number of ether oxygens (including phenoxy) is 2. The summed E-state index contributed by atoms with van der Waals surface area (Å²) in [7, 11) is 0. The van der Waals surface area contributed by atoms with E-state index in [0.717, 1.165) is 5.56 Å². The van der Waals surface area contributed by atoms with Crippen LogP contribution in [0.1, 0.15) is 25.2 Å². The highest BCUT2D eigenvalue weighted by atomic mass is 35.5. The van der Waals surface area contributed by atoms with Crippen LogP contribution < -0.4 is 15.0 Å². The number of rotatable bonds is 6. The Balaban J connectivity index is 2.00. The summed E-state index contributed by atoms with van der Waals surface area (Å²) in [6.07, 6.45) is 1.71. The topological polar surface area (TPSA) is 64.2 Å². The molecule has 5 nitrogen and oxygen atoms in total. The van der Waals surface area contributed by atoms with Gasteiger partial charge >= 0.3 is 0 Å². The SMILES string of the molecule is CCOc1ccc(/C=C(/Cl)c2nc3ccc(Cl)cc3c(=O)[nH]2)cc1OCC. The van der Waals surface area contributed by atoms with Gasteiger partial charge in [0.15, 0.2) is 17.3 Å². The molecule has 27 heavy (non-hydrogen) atoms. The van der Waals surface area contributed by atoms with Crippen molar-refractivity contribution in [3.05, 3.63) is 63.2 Å². The number of fused-ring (bicyclic) bond motifs is 1. The van der Waals surface area contributed by atoms with E-state index in [9.17, 15) is 4.79 Å². The Kier molecular flexibility index (Phi) is 6.04. The lowest BCUT2D eigenvalue weighted by atomic mass is 10.2. The quantitative estimate of drug-likeness (QED) is 0.619. The maximum absolute atomic E-state index is 12.3. The largest absolute Gasteiger partial charge is 0.490 e. The number of H-pyrrole nitrogens is 1. The number of hydrogen-bond acceptors (Lipinski definition) is 4. The Morgan fingerprint density at radius 1 is 1.11 bits per heavy atom. The van der Waals surface area contributed by atoms with Crippen molar-refractivity contribution in [1.82, 2.24) is 9.97 Å². The van der Waals surface area contributed by atoms with Crippen LogP contribution in [-0.2, 0) is 0 Å². The Morgan fingerprint density at radius 3 is 2.59 bits per heavy atom. The van der Waals surface area contributed by atoms with Gasteiger partial charge in [-0.25, -0.2) is 4.98 Å². The van der Waals surface area contributed by atoms with Crippen molar-refractivity contribution in [1.29, 1.82) is 0 Å². The third kappa shape index (κ3) is 4.43. The van der Waals surface area contributed by atoms with E-state index >= 15 is 0 Å². The van der Waals surface area contributed by atoms with Gasteiger partial charge in [-0.2, -0.15) is 0 Å². The first kappa shape index (κ1) is 19.3. The molecule has 0 saturated heterocycles. The minimum atomic E-state index is -0.300. The van der Waals surface area contributed by atoms with Crippen LogP contribution in [0.4, 0.5) is 0 Å². The average molecular weight is 405 g/mol. The van der Waals surface area contributed by atoms with Gasteiger partial charge in [0.1, 0.15) is 0 Å². The van der Waals surface area contributed by atoms with Gasteiger partial charge in [-0.1, -0.05) is 29.3 Å². The van der Waals surface area contributed by atoms with Crippen LogP contribution in [0.25, 0.3) is 22.0 Å². The highest BCUT2D eigenvalue weighted by molar-refractivity contribution is 6.50. The van der Waals surface area contributed by atoms with Gasteiger partial charge in [0, 0.05) is 5.02 Å². The first-order chi connectivity index (χ1) is 13.0. The van der Waals surface area contributed by atoms with E-state index in [2.05, 4.69) is 9.97 Å². The molecule has 0 radical (unpaired) electrons. The smallest absolute Gasteiger partial charge is 0.259 e. The molecule has 1 N–H and O–H groups in total. The molecule has 0 atom stereocenters. The predicted molar refractivity (Wildman–Crippen MR) is 110 cm³/mol. The minimum Gasteiger partial charge on any atom is -0.490 e. The molecule has 0 unspecified atom stereocenters. The number of halogens is 2. The van der Waals surface area contributed by atoms with Gasteiger partial charge in [0.25, 0.3) is 5.56 Å². The first-order valence-corrected chi connectivity index (χ1v) is 9.24. The number of nitrogens with one attached hydrogen (secondary N) is 1. The van der Waals surface area contributed by atoms with Gasteiger partial charge in [0.05, 0.1) is 29.1 Å². The van der Waals surface area contributed by atoms with Crippen LogP contribution in [0.15, 0.2) is 41.2 Å². The highest BCUT2D eigenvalue weighted by Gasteiger charge is 2.09. The van der Waals surface area contributed by atoms with Gasteiger partial charge < -0.3 is 14.5 Å². The van der Waals surface area contributed by atoms with Crippen molar-refractivity contribution < 1.29 is 9.47 Å². The zero-order valence-corrected chi connectivity index (χ0v) is 16.4. The molecule has 0 aliphatic carbocycles. The predicted octanol–water partition coefficient (Wildman–Crippen LogP) is 5.11. The summed E-state index contributed by atoms with van der Waals surface area (Å²) in [5, 5.41) is 1.19. The molecule has 0 amide bonds. The Morgan fingerprint density at radius 2 is 1.85 bits per heavy atom. The normalized spacial score (nSPS) is 11.6. The van der Waals surface area contributed by atoms with E-state index in [1.165, 1.54) is 0 Å². The number of benzene rings is 2. The van der Waals surface area contributed by atoms with Gasteiger partial charge in [0.2, 0.25) is 0 Å². The van der Waals surface area contributed by atoms with Crippen molar-refractivity contribution in [3.8, 4) is 11.5 Å². The molecular formula is C20H18Cl2N2O3. The molecule has 1 aromatic heterocycles. The summed E-state index contributed by atoms with van der Waals surface area (Å²) < 4.78 is 11.2. The molecule has 3 aromatic rings. The molecule has 7 heteroatoms. The lowest BCUT2D eigenvalue weighted by Crippen LogP contribution is -2.10. The minimum absolute atomic E-state index is 0.281. The lowest BCUT2D eigenvalue weighted by Gasteiger charge is -2.11. The molecule has 0 aliphatic heterocycles. The van der Waals surface area contributed by atoms with Crippen LogP contribution >= 0.6 is 23.2 Å². The molecule has 3 rings (SSSR count). The van der Waals surface area contributed by atoms with Gasteiger partial charge in [-0.05, 0) is 55.8 Å². The van der Waals surface area contributed by atoms with E-state index in [1.807, 2.05) is 32.0 Å². The fourth-order valence-corrected chi connectivity index (χ4v) is 2.98. The van der Waals surface area contributed by atoms with E-state index in [4.69, 9.17) is 32.7 Å². The van der Waals surface area contributed by atoms with E-state index < -0.39 is 0 Å². The maximum Gasteiger partial charge on any atom is 0.259 e. The van der Waals surface area contributed by atoms with Crippen LogP contribution in [-0.4, -0.2) is 23.2 Å². The second-order valence-electron chi connectivity index (χ2n) is 5.64. The lowest BCUT2D eigenvalue weighted by molar-refractivity contribution is 0.287. The molecule has 140 valence electrons. The highest BCUT2D eigenvalue weighted by Crippen LogP contribution is 2.30. The van der Waals surface area contributed by atoms with E-state index in [-0.39, 0.29) is 11.4 Å². The van der Waals surface area contributed by atoms with Crippen LogP contribution in [0, 0.1) is 0 Å². The third-order valence-corrected chi connectivity index (χ3v) is 4.28. The summed E-state index contributed by atoms with van der Waals surface area (Å²) >= 11 is 12.3. The van der Waals surface area contributed by atoms with Crippen molar-refractivity contribution in [2.24, 2.45) is 0 Å². The molecule has 0 aliphatic rings. The van der Waals surface area contributed by atoms with Gasteiger partial charge in [-0.15, -0.1) is 0 Å². The second-order valence-corrected chi connectivity index (χ2v) is 6.48. The zero-order valence-electron chi connectivity index (χ0n) is 14.9. The Hall–Kier alpha value is -2.50. The Labute approximate surface area is 166 Å². The van der Waals surface area contributed by atoms with Crippen LogP contribution in [0.3, 0.4) is 0 Å². The summed E-state index contributed by atoms with van der Waals surface area (Å²) in [5.41, 5.74) is 1.02. The Bertz CT molecular complexity index is 1060. The van der Waals surface area contributed by atoms with Crippen LogP contribution in [0.2, 0.25) is 5.02 Å². The fourth-order valence-electron chi connectivity index (χ4n) is 2.60. The van der Waals surface area contributed by atoms with Crippen molar-refractivity contribution in [2.75, 3.05) is 13.2 Å². The molecular weight excluding hydrogens is 387 g/mol. The van der Waals surface area contributed by atoms with Gasteiger partial charge in [-0.3, -0.25) is 4.79 Å². The zero-order chi connectivity index (χ0) is 19.4. The molecule has 1 heterocycles. The summed E-state index contributed by atoms with van der Waals surface area (Å²) in [5.74, 6) is 1.58. The number of aromatic nitrogens is 2. The van der Waals surface area contributed by atoms with Crippen molar-refractivity contribution in [3.63, 3.8) is 0 Å². The standard InChI is InChI=1S/C20H18Cl2N2O3/c1-3-26-17-8-5-12(10-18(17)27-4-2)9-15(22)19-23-16-7-6-13(21)11-14(16)20(25)24-19/h5-11H,3-4H2,1-2H3,(H,23,24,25)/b15-9+. The molecule has 2 aromatic carbocycles. The van der Waals surface area contributed by atoms with E-state index in [0.29, 0.717) is 45.7 Å². The number of hydrogen-bond donors (Lipinski definition) is 1. The summed E-state index contributed by atoms with van der Waals surface area (Å²) in [6, 6.07) is 10.4. The molecule has 0 bridgehead atoms. The first-order valence-electron chi connectivity index (χ1n) is 8.48. The number of nitrogens with zero attached hydrogens (tertiary/aromatic N) is 1. The molecule has 0 fully saturated rings. The molecule has 0 spiro atoms. The average Bonchev–Trinajstić information content (AvgIpc) is 2.64. The summed E-state index contributed by atoms with van der Waals surface area (Å²) in [4.78, 5) is 19.4. The maximum atomic E-state index is 12.3. The molecule has 0 saturated carbocycles.